The average Bonchev–Trinajstić information content (AvgIpc) is 2.95. The summed E-state index contributed by atoms with van der Waals surface area (Å²) in [6, 6.07) is 5.45. The molecule has 0 amide bonds. The first-order valence-corrected chi connectivity index (χ1v) is 8.96. The number of fused-ring (bicyclic) bond motifs is 1. The Balaban J connectivity index is 2.09. The van der Waals surface area contributed by atoms with Crippen LogP contribution >= 0.6 is 22.6 Å². The number of halogens is 2. The van der Waals surface area contributed by atoms with Gasteiger partial charge in [-0.1, -0.05) is 6.07 Å². The number of unbranched alkanes of at least 4 members (excludes halogenated alkanes) is 1. The number of benzene rings is 1. The van der Waals surface area contributed by atoms with Crippen molar-refractivity contribution in [3.05, 3.63) is 44.8 Å². The number of anilines is 1. The molecule has 26 heavy (non-hydrogen) atoms. The molecular weight excluding hydrogens is 448 g/mol. The van der Waals surface area contributed by atoms with Crippen LogP contribution in [0, 0.1) is 22.0 Å². The Kier molecular flexibility index (Phi) is 5.46. The number of aryl methyl sites for hydroxylation is 1. The van der Waals surface area contributed by atoms with Gasteiger partial charge in [-0.05, 0) is 46.7 Å². The molecule has 0 bridgehead atoms. The van der Waals surface area contributed by atoms with Gasteiger partial charge in [-0.3, -0.25) is 4.79 Å². The molecule has 3 rings (SSSR count). The molecule has 0 unspecified atom stereocenters. The number of hydrogen-bond donors (Lipinski definition) is 1. The van der Waals surface area contributed by atoms with E-state index in [1.807, 2.05) is 16.7 Å². The Morgan fingerprint density at radius 1 is 1.35 bits per heavy atom. The van der Waals surface area contributed by atoms with Gasteiger partial charge in [-0.15, -0.1) is 12.3 Å². The van der Waals surface area contributed by atoms with Gasteiger partial charge in [0.25, 0.3) is 0 Å². The molecule has 6 nitrogen and oxygen atoms in total. The zero-order valence-electron chi connectivity index (χ0n) is 13.7. The fourth-order valence-electron chi connectivity index (χ4n) is 2.72. The lowest BCUT2D eigenvalue weighted by Gasteiger charge is -2.09. The summed E-state index contributed by atoms with van der Waals surface area (Å²) in [7, 11) is 0. The van der Waals surface area contributed by atoms with Crippen molar-refractivity contribution in [3.8, 4) is 12.3 Å². The van der Waals surface area contributed by atoms with E-state index in [0.29, 0.717) is 48.4 Å². The van der Waals surface area contributed by atoms with Crippen molar-refractivity contribution in [1.29, 1.82) is 0 Å². The van der Waals surface area contributed by atoms with Crippen LogP contribution < -0.4 is 5.73 Å². The van der Waals surface area contributed by atoms with Crippen molar-refractivity contribution in [1.82, 2.24) is 19.5 Å². The third-order valence-electron chi connectivity index (χ3n) is 3.93. The van der Waals surface area contributed by atoms with Gasteiger partial charge in [0, 0.05) is 28.5 Å². The Morgan fingerprint density at radius 3 is 2.88 bits per heavy atom. The van der Waals surface area contributed by atoms with E-state index in [2.05, 4.69) is 43.5 Å². The van der Waals surface area contributed by atoms with E-state index in [1.54, 1.807) is 6.07 Å². The molecule has 0 spiro atoms. The van der Waals surface area contributed by atoms with E-state index >= 15 is 0 Å². The molecular formula is C18H15FIN5O. The molecule has 8 heteroatoms. The molecule has 0 aliphatic carbocycles. The minimum atomic E-state index is -0.891. The summed E-state index contributed by atoms with van der Waals surface area (Å²) in [5.41, 5.74) is 8.06. The number of carbonyl (C=O) groups excluding carboxylic acids is 1. The predicted octanol–water partition coefficient (Wildman–Crippen LogP) is 2.97. The van der Waals surface area contributed by atoms with Gasteiger partial charge in [-0.2, -0.15) is 14.4 Å². The third kappa shape index (κ3) is 3.67. The Morgan fingerprint density at radius 2 is 2.15 bits per heavy atom. The van der Waals surface area contributed by atoms with Gasteiger partial charge >= 0.3 is 6.08 Å². The number of nitrogens with zero attached hydrogens (tertiary/aromatic N) is 4. The summed E-state index contributed by atoms with van der Waals surface area (Å²) in [6.07, 6.45) is 6.97. The summed E-state index contributed by atoms with van der Waals surface area (Å²) in [4.78, 5) is 23.0. The second-order valence-corrected chi connectivity index (χ2v) is 6.85. The molecule has 0 aliphatic rings. The van der Waals surface area contributed by atoms with Crippen LogP contribution in [0.3, 0.4) is 0 Å². The SMILES string of the molecule is C#CCCCn1c(Cc2cc(C=O)ccc2I)nc2c(N)nc(F)nc21. The van der Waals surface area contributed by atoms with Crippen molar-refractivity contribution >= 4 is 45.9 Å². The number of carbonyl (C=O) groups is 1. The largest absolute Gasteiger partial charge is 0.382 e. The molecule has 0 fully saturated rings. The molecule has 0 saturated carbocycles. The second kappa shape index (κ2) is 7.78. The first-order chi connectivity index (χ1) is 12.5. The molecule has 2 heterocycles. The second-order valence-electron chi connectivity index (χ2n) is 5.68. The number of terminal acetylenes is 1. The van der Waals surface area contributed by atoms with E-state index in [0.717, 1.165) is 15.4 Å². The first kappa shape index (κ1) is 18.3. The highest BCUT2D eigenvalue weighted by Gasteiger charge is 2.17. The molecule has 2 aromatic heterocycles. The number of aromatic nitrogens is 4. The molecule has 0 saturated heterocycles. The summed E-state index contributed by atoms with van der Waals surface area (Å²) in [6.45, 7) is 0.538. The van der Waals surface area contributed by atoms with E-state index in [1.165, 1.54) is 0 Å². The zero-order valence-corrected chi connectivity index (χ0v) is 15.9. The maximum atomic E-state index is 13.6. The minimum Gasteiger partial charge on any atom is -0.382 e. The third-order valence-corrected chi connectivity index (χ3v) is 4.98. The summed E-state index contributed by atoms with van der Waals surface area (Å²) in [5, 5.41) is 0. The summed E-state index contributed by atoms with van der Waals surface area (Å²) >= 11 is 2.20. The zero-order chi connectivity index (χ0) is 18.7. The summed E-state index contributed by atoms with van der Waals surface area (Å²) < 4.78 is 16.5. The van der Waals surface area contributed by atoms with Crippen molar-refractivity contribution in [2.45, 2.75) is 25.8 Å². The smallest absolute Gasteiger partial charge is 0.312 e. The van der Waals surface area contributed by atoms with Crippen LogP contribution in [0.5, 0.6) is 0 Å². The minimum absolute atomic E-state index is 0.000731. The number of nitrogen functional groups attached to an aromatic ring is 1. The van der Waals surface area contributed by atoms with Crippen LogP contribution in [0.4, 0.5) is 10.2 Å². The van der Waals surface area contributed by atoms with Crippen molar-refractivity contribution < 1.29 is 9.18 Å². The van der Waals surface area contributed by atoms with Crippen LogP contribution in [0.15, 0.2) is 18.2 Å². The maximum absolute atomic E-state index is 13.6. The molecule has 3 aromatic rings. The molecule has 0 atom stereocenters. The molecule has 0 radical (unpaired) electrons. The number of rotatable bonds is 6. The highest BCUT2D eigenvalue weighted by atomic mass is 127. The normalized spacial score (nSPS) is 10.8. The molecule has 1 aromatic carbocycles. The van der Waals surface area contributed by atoms with Crippen LogP contribution in [-0.4, -0.2) is 25.8 Å². The number of hydrogen-bond acceptors (Lipinski definition) is 5. The number of imidazole rings is 1. The Labute approximate surface area is 163 Å². The van der Waals surface area contributed by atoms with Gasteiger partial charge in [0.15, 0.2) is 17.0 Å². The number of aldehydes is 1. The van der Waals surface area contributed by atoms with E-state index in [9.17, 15) is 9.18 Å². The molecule has 2 N–H and O–H groups in total. The average molecular weight is 463 g/mol. The quantitative estimate of drug-likeness (QED) is 0.200. The van der Waals surface area contributed by atoms with Gasteiger partial charge in [0.1, 0.15) is 12.1 Å². The van der Waals surface area contributed by atoms with Crippen LogP contribution in [-0.2, 0) is 13.0 Å². The fourth-order valence-corrected chi connectivity index (χ4v) is 3.25. The number of nitrogens with two attached hydrogens (primary N) is 1. The summed E-state index contributed by atoms with van der Waals surface area (Å²) in [5.74, 6) is 3.26. The highest BCUT2D eigenvalue weighted by Crippen LogP contribution is 2.23. The van der Waals surface area contributed by atoms with E-state index < -0.39 is 6.08 Å². The van der Waals surface area contributed by atoms with Crippen molar-refractivity contribution in [2.75, 3.05) is 5.73 Å². The van der Waals surface area contributed by atoms with Gasteiger partial charge < -0.3 is 10.3 Å². The van der Waals surface area contributed by atoms with Crippen LogP contribution in [0.1, 0.15) is 34.6 Å². The molecule has 132 valence electrons. The first-order valence-electron chi connectivity index (χ1n) is 7.88. The maximum Gasteiger partial charge on any atom is 0.312 e. The highest BCUT2D eigenvalue weighted by molar-refractivity contribution is 14.1. The standard InChI is InChI=1S/C18H15FIN5O/c1-2-3-4-7-25-14(9-12-8-11(10-26)5-6-13(12)20)22-15-16(21)23-18(19)24-17(15)25/h1,5-6,8,10H,3-4,7,9H2,(H2,21,23,24). The van der Waals surface area contributed by atoms with Crippen molar-refractivity contribution in [2.24, 2.45) is 0 Å². The molecule has 0 aliphatic heterocycles. The van der Waals surface area contributed by atoms with Crippen LogP contribution in [0.25, 0.3) is 11.2 Å². The monoisotopic (exact) mass is 463 g/mol. The van der Waals surface area contributed by atoms with Crippen molar-refractivity contribution in [3.63, 3.8) is 0 Å². The lowest BCUT2D eigenvalue weighted by atomic mass is 10.1. The van der Waals surface area contributed by atoms with E-state index in [-0.39, 0.29) is 5.82 Å². The Hall–Kier alpha value is -2.54. The fraction of sp³-hybridized carbons (Fsp3) is 0.222. The van der Waals surface area contributed by atoms with Gasteiger partial charge in [-0.25, -0.2) is 4.98 Å². The van der Waals surface area contributed by atoms with Gasteiger partial charge in [0.2, 0.25) is 0 Å². The lowest BCUT2D eigenvalue weighted by Crippen LogP contribution is -2.07. The topological polar surface area (TPSA) is 86.7 Å². The Bertz CT molecular complexity index is 1020. The predicted molar refractivity (Wildman–Crippen MR) is 105 cm³/mol. The van der Waals surface area contributed by atoms with E-state index in [4.69, 9.17) is 12.2 Å². The lowest BCUT2D eigenvalue weighted by molar-refractivity contribution is 0.112. The van der Waals surface area contributed by atoms with Crippen LogP contribution in [0.2, 0.25) is 0 Å². The van der Waals surface area contributed by atoms with Gasteiger partial charge in [0.05, 0.1) is 0 Å².